The lowest BCUT2D eigenvalue weighted by Crippen LogP contribution is -2.06. The molecular weight excluding hydrogens is 132 g/mol. The van der Waals surface area contributed by atoms with E-state index in [2.05, 4.69) is 0 Å². The molecule has 0 aliphatic carbocycles. The SMILES string of the molecule is OCC1CCCCSC1. The van der Waals surface area contributed by atoms with Crippen molar-refractivity contribution in [2.24, 2.45) is 5.92 Å². The van der Waals surface area contributed by atoms with E-state index in [0.717, 1.165) is 0 Å². The Morgan fingerprint density at radius 1 is 1.44 bits per heavy atom. The summed E-state index contributed by atoms with van der Waals surface area (Å²) < 4.78 is 0. The van der Waals surface area contributed by atoms with E-state index in [0.29, 0.717) is 12.5 Å². The van der Waals surface area contributed by atoms with E-state index in [1.165, 1.54) is 30.8 Å². The van der Waals surface area contributed by atoms with E-state index in [1.54, 1.807) is 0 Å². The Balaban J connectivity index is 2.18. The molecule has 0 radical (unpaired) electrons. The van der Waals surface area contributed by atoms with Crippen molar-refractivity contribution in [2.75, 3.05) is 18.1 Å². The molecule has 0 saturated carbocycles. The molecule has 1 aliphatic rings. The van der Waals surface area contributed by atoms with Gasteiger partial charge in [0.1, 0.15) is 0 Å². The lowest BCUT2D eigenvalue weighted by atomic mass is 10.1. The van der Waals surface area contributed by atoms with Gasteiger partial charge in [0, 0.05) is 6.61 Å². The summed E-state index contributed by atoms with van der Waals surface area (Å²) in [5.41, 5.74) is 0. The normalized spacial score (nSPS) is 29.7. The molecule has 1 nitrogen and oxygen atoms in total. The van der Waals surface area contributed by atoms with E-state index in [-0.39, 0.29) is 0 Å². The van der Waals surface area contributed by atoms with Crippen LogP contribution in [0.3, 0.4) is 0 Å². The van der Waals surface area contributed by atoms with Crippen molar-refractivity contribution in [1.29, 1.82) is 0 Å². The Labute approximate surface area is 60.8 Å². The molecule has 0 spiro atoms. The summed E-state index contributed by atoms with van der Waals surface area (Å²) in [7, 11) is 0. The van der Waals surface area contributed by atoms with Crippen LogP contribution in [0.25, 0.3) is 0 Å². The van der Waals surface area contributed by atoms with Crippen LogP contribution < -0.4 is 0 Å². The third-order valence-corrected chi connectivity index (χ3v) is 3.05. The largest absolute Gasteiger partial charge is 0.396 e. The average molecular weight is 146 g/mol. The third-order valence-electron chi connectivity index (χ3n) is 1.76. The van der Waals surface area contributed by atoms with Crippen molar-refractivity contribution in [1.82, 2.24) is 0 Å². The van der Waals surface area contributed by atoms with Crippen LogP contribution in [0.15, 0.2) is 0 Å². The maximum atomic E-state index is 8.80. The minimum Gasteiger partial charge on any atom is -0.396 e. The molecule has 0 aromatic carbocycles. The van der Waals surface area contributed by atoms with Gasteiger partial charge < -0.3 is 5.11 Å². The maximum absolute atomic E-state index is 8.80. The predicted octanol–water partition coefficient (Wildman–Crippen LogP) is 1.51. The van der Waals surface area contributed by atoms with Crippen molar-refractivity contribution >= 4 is 11.8 Å². The molecule has 1 N–H and O–H groups in total. The standard InChI is InChI=1S/C7H14OS/c8-5-7-3-1-2-4-9-6-7/h7-8H,1-6H2. The number of thioether (sulfide) groups is 1. The van der Waals surface area contributed by atoms with Gasteiger partial charge in [0.25, 0.3) is 0 Å². The van der Waals surface area contributed by atoms with Gasteiger partial charge in [0.15, 0.2) is 0 Å². The maximum Gasteiger partial charge on any atom is 0.0467 e. The van der Waals surface area contributed by atoms with Crippen LogP contribution in [0.2, 0.25) is 0 Å². The lowest BCUT2D eigenvalue weighted by Gasteiger charge is -2.07. The Hall–Kier alpha value is 0.310. The van der Waals surface area contributed by atoms with Gasteiger partial charge >= 0.3 is 0 Å². The molecular formula is C7H14OS. The predicted molar refractivity (Wildman–Crippen MR) is 41.8 cm³/mol. The van der Waals surface area contributed by atoms with Crippen molar-refractivity contribution < 1.29 is 5.11 Å². The van der Waals surface area contributed by atoms with E-state index in [9.17, 15) is 0 Å². The van der Waals surface area contributed by atoms with Gasteiger partial charge in [0.2, 0.25) is 0 Å². The fourth-order valence-corrected chi connectivity index (χ4v) is 2.29. The zero-order valence-corrected chi connectivity index (χ0v) is 6.49. The van der Waals surface area contributed by atoms with Gasteiger partial charge in [-0.05, 0) is 30.3 Å². The van der Waals surface area contributed by atoms with Crippen LogP contribution in [0.4, 0.5) is 0 Å². The Morgan fingerprint density at radius 2 is 2.33 bits per heavy atom. The summed E-state index contributed by atoms with van der Waals surface area (Å²) in [5.74, 6) is 3.07. The zero-order valence-electron chi connectivity index (χ0n) is 5.68. The van der Waals surface area contributed by atoms with E-state index in [4.69, 9.17) is 5.11 Å². The Morgan fingerprint density at radius 3 is 3.11 bits per heavy atom. The summed E-state index contributed by atoms with van der Waals surface area (Å²) in [6.07, 6.45) is 3.91. The second-order valence-corrected chi connectivity index (χ2v) is 3.77. The summed E-state index contributed by atoms with van der Waals surface area (Å²) >= 11 is 1.99. The third kappa shape index (κ3) is 2.59. The topological polar surface area (TPSA) is 20.2 Å². The first kappa shape index (κ1) is 7.42. The second-order valence-electron chi connectivity index (χ2n) is 2.62. The fourth-order valence-electron chi connectivity index (χ4n) is 1.11. The zero-order chi connectivity index (χ0) is 6.53. The first-order chi connectivity index (χ1) is 4.43. The molecule has 1 unspecified atom stereocenters. The highest BCUT2D eigenvalue weighted by atomic mass is 32.2. The quantitative estimate of drug-likeness (QED) is 0.605. The van der Waals surface area contributed by atoms with Gasteiger partial charge in [-0.1, -0.05) is 6.42 Å². The van der Waals surface area contributed by atoms with E-state index < -0.39 is 0 Å². The molecule has 9 heavy (non-hydrogen) atoms. The molecule has 0 aromatic heterocycles. The minimum atomic E-state index is 0.396. The van der Waals surface area contributed by atoms with Gasteiger partial charge in [0.05, 0.1) is 0 Å². The minimum absolute atomic E-state index is 0.396. The summed E-state index contributed by atoms with van der Waals surface area (Å²) in [6, 6.07) is 0. The molecule has 0 amide bonds. The molecule has 1 atom stereocenters. The number of rotatable bonds is 1. The molecule has 1 fully saturated rings. The fraction of sp³-hybridized carbons (Fsp3) is 1.00. The van der Waals surface area contributed by atoms with Crippen LogP contribution >= 0.6 is 11.8 Å². The Kier molecular flexibility index (Phi) is 3.44. The van der Waals surface area contributed by atoms with Crippen molar-refractivity contribution in [3.63, 3.8) is 0 Å². The highest BCUT2D eigenvalue weighted by Crippen LogP contribution is 2.20. The average Bonchev–Trinajstić information content (AvgIpc) is 2.13. The molecule has 0 aromatic rings. The van der Waals surface area contributed by atoms with Crippen LogP contribution in [0, 0.1) is 5.92 Å². The van der Waals surface area contributed by atoms with Crippen molar-refractivity contribution in [2.45, 2.75) is 19.3 Å². The van der Waals surface area contributed by atoms with Crippen molar-refractivity contribution in [3.05, 3.63) is 0 Å². The van der Waals surface area contributed by atoms with E-state index >= 15 is 0 Å². The van der Waals surface area contributed by atoms with Crippen molar-refractivity contribution in [3.8, 4) is 0 Å². The van der Waals surface area contributed by atoms with Crippen LogP contribution in [-0.4, -0.2) is 23.2 Å². The Bertz CT molecular complexity index is 67.3. The van der Waals surface area contributed by atoms with E-state index in [1.807, 2.05) is 11.8 Å². The first-order valence-corrected chi connectivity index (χ1v) is 4.77. The summed E-state index contributed by atoms with van der Waals surface area (Å²) in [4.78, 5) is 0. The molecule has 1 saturated heterocycles. The van der Waals surface area contributed by atoms with Crippen LogP contribution in [-0.2, 0) is 0 Å². The molecule has 54 valence electrons. The number of aliphatic hydroxyl groups excluding tert-OH is 1. The highest BCUT2D eigenvalue weighted by Gasteiger charge is 2.09. The molecule has 1 heterocycles. The van der Waals surface area contributed by atoms with Crippen LogP contribution in [0.1, 0.15) is 19.3 Å². The molecule has 0 bridgehead atoms. The molecule has 1 rings (SSSR count). The van der Waals surface area contributed by atoms with Gasteiger partial charge in [-0.15, -0.1) is 0 Å². The number of aliphatic hydroxyl groups is 1. The van der Waals surface area contributed by atoms with Gasteiger partial charge in [-0.2, -0.15) is 11.8 Å². The molecule has 1 aliphatic heterocycles. The van der Waals surface area contributed by atoms with Crippen LogP contribution in [0.5, 0.6) is 0 Å². The van der Waals surface area contributed by atoms with Gasteiger partial charge in [-0.3, -0.25) is 0 Å². The summed E-state index contributed by atoms with van der Waals surface area (Å²) in [5, 5.41) is 8.80. The molecule has 2 heteroatoms. The number of hydrogen-bond acceptors (Lipinski definition) is 2. The first-order valence-electron chi connectivity index (χ1n) is 3.62. The lowest BCUT2D eigenvalue weighted by molar-refractivity contribution is 0.232. The second kappa shape index (κ2) is 4.18. The summed E-state index contributed by atoms with van der Waals surface area (Å²) in [6.45, 7) is 0.396. The highest BCUT2D eigenvalue weighted by molar-refractivity contribution is 7.99. The smallest absolute Gasteiger partial charge is 0.0467 e. The monoisotopic (exact) mass is 146 g/mol. The van der Waals surface area contributed by atoms with Gasteiger partial charge in [-0.25, -0.2) is 0 Å². The number of hydrogen-bond donors (Lipinski definition) is 1.